The number of urea groups is 1. The number of para-hydroxylation sites is 1. The first-order chi connectivity index (χ1) is 16.2. The van der Waals surface area contributed by atoms with Gasteiger partial charge in [-0.15, -0.1) is 11.6 Å². The number of aliphatic imine (C=N–C) groups is 1. The van der Waals surface area contributed by atoms with Gasteiger partial charge < -0.3 is 5.32 Å². The van der Waals surface area contributed by atoms with Crippen molar-refractivity contribution in [3.05, 3.63) is 59.2 Å². The first-order valence-electron chi connectivity index (χ1n) is 9.11. The van der Waals surface area contributed by atoms with Gasteiger partial charge >= 0.3 is 6.03 Å². The van der Waals surface area contributed by atoms with Crippen molar-refractivity contribution in [1.29, 1.82) is 0 Å². The van der Waals surface area contributed by atoms with Crippen molar-refractivity contribution in [2.45, 2.75) is 15.3 Å². The first kappa shape index (κ1) is 27.2. The molecule has 0 aromatic heterocycles. The molecular weight excluding hydrogens is 572 g/mol. The van der Waals surface area contributed by atoms with Crippen molar-refractivity contribution in [3.63, 3.8) is 0 Å². The van der Waals surface area contributed by atoms with E-state index in [0.29, 0.717) is 9.80 Å². The van der Waals surface area contributed by atoms with Crippen LogP contribution in [0.2, 0.25) is 0 Å². The van der Waals surface area contributed by atoms with Crippen LogP contribution < -0.4 is 10.2 Å². The number of imide groups is 1. The lowest BCUT2D eigenvalue weighted by atomic mass is 10.2. The quantitative estimate of drug-likeness (QED) is 0.161. The average Bonchev–Trinajstić information content (AvgIpc) is 3.01. The molecule has 35 heavy (non-hydrogen) atoms. The fraction of sp³-hybridized carbons (Fsp3) is 0.211. The second-order valence-corrected chi connectivity index (χ2v) is 9.70. The summed E-state index contributed by atoms with van der Waals surface area (Å²) in [5.41, 5.74) is -2.07. The third-order valence-corrected chi connectivity index (χ3v) is 6.24. The van der Waals surface area contributed by atoms with Gasteiger partial charge in [0.1, 0.15) is 23.0 Å². The Morgan fingerprint density at radius 1 is 0.914 bits per heavy atom. The van der Waals surface area contributed by atoms with E-state index in [4.69, 9.17) is 46.4 Å². The van der Waals surface area contributed by atoms with Gasteiger partial charge in [0.25, 0.3) is 5.91 Å². The molecule has 3 amide bonds. The van der Waals surface area contributed by atoms with Crippen LogP contribution in [0.15, 0.2) is 29.3 Å². The van der Waals surface area contributed by atoms with Gasteiger partial charge in [0.15, 0.2) is 23.3 Å². The number of benzene rings is 2. The zero-order valence-corrected chi connectivity index (χ0v) is 19.9. The normalized spacial score (nSPS) is 17.4. The number of nitrogens with one attached hydrogen (secondary N) is 1. The third kappa shape index (κ3) is 4.97. The molecule has 188 valence electrons. The molecule has 0 aliphatic carbocycles. The molecule has 2 aromatic rings. The summed E-state index contributed by atoms with van der Waals surface area (Å²) in [7, 11) is 1.01. The van der Waals surface area contributed by atoms with Gasteiger partial charge in [0, 0.05) is 7.05 Å². The fourth-order valence-corrected chi connectivity index (χ4v) is 3.37. The topological polar surface area (TPSA) is 65.0 Å². The standard InChI is InChI=1S/C19H10Cl4F6N4O2/c1-32-17(34)16(33(18(32)35)7-5-3-2-4-6(7)24)31-15(14(20)19(21,22)23)30-13-11(28)9(26)8(25)10(27)12(13)29/h2-5,14-15,30H,1H3. The molecule has 6 nitrogen and oxygen atoms in total. The van der Waals surface area contributed by atoms with Gasteiger partial charge in [0.2, 0.25) is 15.4 Å². The van der Waals surface area contributed by atoms with Crippen LogP contribution in [-0.2, 0) is 4.79 Å². The smallest absolute Gasteiger partial charge is 0.337 e. The number of hydrogen-bond acceptors (Lipinski definition) is 4. The summed E-state index contributed by atoms with van der Waals surface area (Å²) in [6, 6.07) is 3.58. The van der Waals surface area contributed by atoms with Crippen molar-refractivity contribution in [1.82, 2.24) is 4.90 Å². The Labute approximate surface area is 213 Å². The maximum absolute atomic E-state index is 14.4. The second-order valence-electron chi connectivity index (χ2n) is 6.86. The largest absolute Gasteiger partial charge is 0.357 e. The first-order valence-corrected chi connectivity index (χ1v) is 10.7. The molecule has 2 aromatic carbocycles. The van der Waals surface area contributed by atoms with E-state index in [1.54, 1.807) is 0 Å². The minimum atomic E-state index is -2.49. The molecule has 1 heterocycles. The van der Waals surface area contributed by atoms with E-state index in [1.165, 1.54) is 12.1 Å². The van der Waals surface area contributed by atoms with Gasteiger partial charge in [-0.05, 0) is 12.1 Å². The van der Waals surface area contributed by atoms with Crippen LogP contribution in [0, 0.1) is 34.9 Å². The molecule has 0 bridgehead atoms. The van der Waals surface area contributed by atoms with Gasteiger partial charge in [-0.1, -0.05) is 46.9 Å². The summed E-state index contributed by atoms with van der Waals surface area (Å²) in [5.74, 6) is -14.6. The molecule has 1 aliphatic rings. The molecule has 1 fully saturated rings. The van der Waals surface area contributed by atoms with Crippen molar-refractivity contribution < 1.29 is 35.9 Å². The maximum atomic E-state index is 14.4. The van der Waals surface area contributed by atoms with Crippen molar-refractivity contribution in [2.75, 3.05) is 17.3 Å². The molecule has 1 aliphatic heterocycles. The highest BCUT2D eigenvalue weighted by Gasteiger charge is 2.45. The number of carbonyl (C=O) groups is 2. The number of likely N-dealkylation sites (N-methyl/N-ethyl adjacent to an activating group) is 1. The highest BCUT2D eigenvalue weighted by atomic mass is 35.6. The summed E-state index contributed by atoms with van der Waals surface area (Å²) >= 11 is 23.2. The number of alkyl halides is 4. The minimum Gasteiger partial charge on any atom is -0.357 e. The minimum absolute atomic E-state index is 0.455. The highest BCUT2D eigenvalue weighted by Crippen LogP contribution is 2.38. The Balaban J connectivity index is 2.20. The van der Waals surface area contributed by atoms with E-state index in [-0.39, 0.29) is 0 Å². The highest BCUT2D eigenvalue weighted by molar-refractivity contribution is 6.70. The Bertz CT molecular complexity index is 1210. The fourth-order valence-electron chi connectivity index (χ4n) is 2.90. The van der Waals surface area contributed by atoms with E-state index in [9.17, 15) is 35.9 Å². The monoisotopic (exact) mass is 580 g/mol. The summed E-state index contributed by atoms with van der Waals surface area (Å²) in [5, 5.41) is -0.116. The molecule has 2 unspecified atom stereocenters. The summed E-state index contributed by atoms with van der Waals surface area (Å²) in [6.45, 7) is 0. The van der Waals surface area contributed by atoms with E-state index in [2.05, 4.69) is 4.99 Å². The van der Waals surface area contributed by atoms with Crippen LogP contribution in [0.3, 0.4) is 0 Å². The van der Waals surface area contributed by atoms with Gasteiger partial charge in [0.05, 0.1) is 5.69 Å². The summed E-state index contributed by atoms with van der Waals surface area (Å²) < 4.78 is 81.2. The Kier molecular flexibility index (Phi) is 7.70. The molecular formula is C19H10Cl4F6N4O2. The lowest BCUT2D eigenvalue weighted by molar-refractivity contribution is -0.119. The van der Waals surface area contributed by atoms with E-state index < -0.39 is 79.4 Å². The predicted octanol–water partition coefficient (Wildman–Crippen LogP) is 5.73. The number of amides is 3. The number of nitrogens with zero attached hydrogens (tertiary/aromatic N) is 3. The van der Waals surface area contributed by atoms with Crippen LogP contribution in [0.1, 0.15) is 0 Å². The Hall–Kier alpha value is -2.41. The van der Waals surface area contributed by atoms with Crippen LogP contribution in [-0.4, -0.2) is 45.1 Å². The SMILES string of the molecule is CN1C(=O)C(=NC(Nc2c(F)c(F)c(F)c(F)c2F)C(Cl)C(Cl)(Cl)Cl)N(c2ccccc2F)C1=O. The number of rotatable bonds is 5. The van der Waals surface area contributed by atoms with Crippen molar-refractivity contribution >= 4 is 75.6 Å². The lowest BCUT2D eigenvalue weighted by Gasteiger charge is -2.27. The van der Waals surface area contributed by atoms with Crippen LogP contribution in [0.5, 0.6) is 0 Å². The van der Waals surface area contributed by atoms with Crippen LogP contribution in [0.25, 0.3) is 0 Å². The van der Waals surface area contributed by atoms with Gasteiger partial charge in [-0.2, -0.15) is 0 Å². The molecule has 1 N–H and O–H groups in total. The van der Waals surface area contributed by atoms with Crippen LogP contribution >= 0.6 is 46.4 Å². The van der Waals surface area contributed by atoms with E-state index in [0.717, 1.165) is 19.2 Å². The third-order valence-electron chi connectivity index (χ3n) is 4.63. The number of carbonyl (C=O) groups excluding carboxylic acids is 2. The Morgan fingerprint density at radius 3 is 1.94 bits per heavy atom. The number of hydrogen-bond donors (Lipinski definition) is 1. The average molecular weight is 582 g/mol. The number of anilines is 2. The molecule has 3 rings (SSSR count). The molecule has 16 heteroatoms. The second kappa shape index (κ2) is 9.92. The maximum Gasteiger partial charge on any atom is 0.337 e. The lowest BCUT2D eigenvalue weighted by Crippen LogP contribution is -2.41. The van der Waals surface area contributed by atoms with E-state index >= 15 is 0 Å². The summed E-state index contributed by atoms with van der Waals surface area (Å²) in [4.78, 5) is 30.1. The number of halogens is 10. The number of amidine groups is 1. The van der Waals surface area contributed by atoms with Crippen molar-refractivity contribution in [3.8, 4) is 0 Å². The Morgan fingerprint density at radius 2 is 1.43 bits per heavy atom. The predicted molar refractivity (Wildman–Crippen MR) is 118 cm³/mol. The molecule has 2 atom stereocenters. The molecule has 1 saturated heterocycles. The van der Waals surface area contributed by atoms with Crippen molar-refractivity contribution in [2.24, 2.45) is 4.99 Å². The van der Waals surface area contributed by atoms with Gasteiger partial charge in [-0.25, -0.2) is 41.0 Å². The van der Waals surface area contributed by atoms with Crippen LogP contribution in [0.4, 0.5) is 42.5 Å². The summed E-state index contributed by atoms with van der Waals surface area (Å²) in [6.07, 6.45) is -2.11. The molecule has 0 saturated carbocycles. The van der Waals surface area contributed by atoms with E-state index in [1.807, 2.05) is 5.32 Å². The zero-order valence-electron chi connectivity index (χ0n) is 16.9. The zero-order chi connectivity index (χ0) is 26.4. The molecule has 0 radical (unpaired) electrons. The van der Waals surface area contributed by atoms with Gasteiger partial charge in [-0.3, -0.25) is 9.69 Å². The molecule has 0 spiro atoms.